The fraction of sp³-hybridized carbons (Fsp3) is 0.118. The van der Waals surface area contributed by atoms with Crippen LogP contribution in [0.15, 0.2) is 54.6 Å². The third-order valence-electron chi connectivity index (χ3n) is 3.09. The lowest BCUT2D eigenvalue weighted by atomic mass is 10.2. The van der Waals surface area contributed by atoms with Gasteiger partial charge in [0.15, 0.2) is 6.61 Å². The van der Waals surface area contributed by atoms with Crippen molar-refractivity contribution in [2.45, 2.75) is 6.42 Å². The lowest BCUT2D eigenvalue weighted by Gasteiger charge is -2.04. The van der Waals surface area contributed by atoms with Crippen molar-refractivity contribution in [2.75, 3.05) is 11.9 Å². The molecule has 0 bridgehead atoms. The molecule has 7 heteroatoms. The Bertz CT molecular complexity index is 806. The Balaban J connectivity index is 1.51. The van der Waals surface area contributed by atoms with Crippen molar-refractivity contribution in [3.05, 3.63) is 71.0 Å². The lowest BCUT2D eigenvalue weighted by Crippen LogP contribution is -2.20. The van der Waals surface area contributed by atoms with E-state index in [9.17, 15) is 9.18 Å². The minimum Gasteiger partial charge on any atom is -0.484 e. The molecule has 1 amide bonds. The molecule has 0 radical (unpaired) electrons. The highest BCUT2D eigenvalue weighted by Gasteiger charge is 2.09. The van der Waals surface area contributed by atoms with E-state index in [1.807, 2.05) is 18.2 Å². The van der Waals surface area contributed by atoms with Gasteiger partial charge in [-0.1, -0.05) is 41.7 Å². The summed E-state index contributed by atoms with van der Waals surface area (Å²) in [4.78, 5) is 11.9. The minimum atomic E-state index is -0.302. The Morgan fingerprint density at radius 3 is 2.58 bits per heavy atom. The van der Waals surface area contributed by atoms with Crippen molar-refractivity contribution in [3.63, 3.8) is 0 Å². The van der Waals surface area contributed by atoms with Gasteiger partial charge in [-0.2, -0.15) is 0 Å². The SMILES string of the molecule is O=C(COc1ccccc1)Nc1nnc(Cc2ccc(F)cc2)s1. The molecule has 0 atom stereocenters. The molecule has 0 aliphatic carbocycles. The molecule has 0 unspecified atom stereocenters. The van der Waals surface area contributed by atoms with Crippen molar-refractivity contribution in [1.29, 1.82) is 0 Å². The van der Waals surface area contributed by atoms with Crippen LogP contribution in [0.2, 0.25) is 0 Å². The third kappa shape index (κ3) is 4.60. The first-order valence-electron chi connectivity index (χ1n) is 7.23. The van der Waals surface area contributed by atoms with E-state index in [1.165, 1.54) is 23.5 Å². The standard InChI is InChI=1S/C17H14FN3O2S/c18-13-8-6-12(7-9-13)10-16-20-21-17(24-16)19-15(22)11-23-14-4-2-1-3-5-14/h1-9H,10-11H2,(H,19,21,22). The molecular formula is C17H14FN3O2S. The van der Waals surface area contributed by atoms with Crippen LogP contribution in [0.25, 0.3) is 0 Å². The first-order chi connectivity index (χ1) is 11.7. The monoisotopic (exact) mass is 343 g/mol. The predicted octanol–water partition coefficient (Wildman–Crippen LogP) is 3.29. The molecule has 122 valence electrons. The maximum Gasteiger partial charge on any atom is 0.264 e. The van der Waals surface area contributed by atoms with Gasteiger partial charge in [0.25, 0.3) is 5.91 Å². The van der Waals surface area contributed by atoms with Gasteiger partial charge in [0.1, 0.15) is 16.6 Å². The molecule has 24 heavy (non-hydrogen) atoms. The Morgan fingerprint density at radius 1 is 1.08 bits per heavy atom. The number of carbonyl (C=O) groups is 1. The van der Waals surface area contributed by atoms with E-state index in [0.717, 1.165) is 10.6 Å². The summed E-state index contributed by atoms with van der Waals surface area (Å²) >= 11 is 1.28. The Labute approximate surface area is 142 Å². The Hall–Kier alpha value is -2.80. The average molecular weight is 343 g/mol. The Morgan fingerprint density at radius 2 is 1.83 bits per heavy atom. The molecule has 0 spiro atoms. The molecule has 1 aromatic heterocycles. The first kappa shape index (κ1) is 16.1. The summed E-state index contributed by atoms with van der Waals surface area (Å²) < 4.78 is 18.2. The fourth-order valence-electron chi connectivity index (χ4n) is 1.97. The van der Waals surface area contributed by atoms with Crippen LogP contribution < -0.4 is 10.1 Å². The second kappa shape index (κ2) is 7.65. The molecular weight excluding hydrogens is 329 g/mol. The molecule has 1 N–H and O–H groups in total. The smallest absolute Gasteiger partial charge is 0.264 e. The lowest BCUT2D eigenvalue weighted by molar-refractivity contribution is -0.118. The van der Waals surface area contributed by atoms with Crippen molar-refractivity contribution < 1.29 is 13.9 Å². The van der Waals surface area contributed by atoms with E-state index in [0.29, 0.717) is 17.3 Å². The number of anilines is 1. The van der Waals surface area contributed by atoms with E-state index < -0.39 is 0 Å². The number of hydrogen-bond acceptors (Lipinski definition) is 5. The number of nitrogens with zero attached hydrogens (tertiary/aromatic N) is 2. The molecule has 0 saturated heterocycles. The third-order valence-corrected chi connectivity index (χ3v) is 3.93. The van der Waals surface area contributed by atoms with E-state index in [1.54, 1.807) is 24.3 Å². The number of rotatable bonds is 6. The number of carbonyl (C=O) groups excluding carboxylic acids is 1. The quantitative estimate of drug-likeness (QED) is 0.746. The van der Waals surface area contributed by atoms with Gasteiger partial charge >= 0.3 is 0 Å². The summed E-state index contributed by atoms with van der Waals surface area (Å²) in [5.74, 6) is 0.0487. The van der Waals surface area contributed by atoms with E-state index in [-0.39, 0.29) is 18.3 Å². The molecule has 1 heterocycles. The van der Waals surface area contributed by atoms with E-state index in [4.69, 9.17) is 4.74 Å². The number of hydrogen-bond donors (Lipinski definition) is 1. The van der Waals surface area contributed by atoms with Gasteiger partial charge in [-0.05, 0) is 29.8 Å². The number of aromatic nitrogens is 2. The van der Waals surface area contributed by atoms with Gasteiger partial charge in [-0.15, -0.1) is 10.2 Å². The fourth-order valence-corrected chi connectivity index (χ4v) is 2.76. The van der Waals surface area contributed by atoms with Crippen LogP contribution >= 0.6 is 11.3 Å². The topological polar surface area (TPSA) is 64.1 Å². The van der Waals surface area contributed by atoms with Crippen LogP contribution in [0.3, 0.4) is 0 Å². The minimum absolute atomic E-state index is 0.100. The second-order valence-electron chi connectivity index (χ2n) is 4.95. The van der Waals surface area contributed by atoms with Gasteiger partial charge in [0.05, 0.1) is 0 Å². The van der Waals surface area contributed by atoms with Gasteiger partial charge in [-0.25, -0.2) is 4.39 Å². The van der Waals surface area contributed by atoms with Crippen LogP contribution in [-0.2, 0) is 11.2 Å². The summed E-state index contributed by atoms with van der Waals surface area (Å²) in [5, 5.41) is 11.8. The van der Waals surface area contributed by atoms with Gasteiger partial charge in [-0.3, -0.25) is 10.1 Å². The zero-order valence-electron chi connectivity index (χ0n) is 12.6. The number of para-hydroxylation sites is 1. The number of benzene rings is 2. The van der Waals surface area contributed by atoms with E-state index in [2.05, 4.69) is 15.5 Å². The predicted molar refractivity (Wildman–Crippen MR) is 89.7 cm³/mol. The van der Waals surface area contributed by atoms with Gasteiger partial charge < -0.3 is 4.74 Å². The molecule has 3 aromatic rings. The maximum absolute atomic E-state index is 12.9. The van der Waals surface area contributed by atoms with Crippen LogP contribution in [0.4, 0.5) is 9.52 Å². The van der Waals surface area contributed by atoms with E-state index >= 15 is 0 Å². The van der Waals surface area contributed by atoms with Crippen LogP contribution in [0, 0.1) is 5.82 Å². The number of amides is 1. The molecule has 0 aliphatic rings. The molecule has 0 fully saturated rings. The number of halogens is 1. The molecule has 0 saturated carbocycles. The highest BCUT2D eigenvalue weighted by molar-refractivity contribution is 7.15. The summed E-state index contributed by atoms with van der Waals surface area (Å²) in [5.41, 5.74) is 0.929. The summed E-state index contributed by atoms with van der Waals surface area (Å²) in [6.45, 7) is -0.100. The van der Waals surface area contributed by atoms with Gasteiger partial charge in [0.2, 0.25) is 5.13 Å². The average Bonchev–Trinajstić information content (AvgIpc) is 3.03. The highest BCUT2D eigenvalue weighted by atomic mass is 32.1. The largest absolute Gasteiger partial charge is 0.484 e. The second-order valence-corrected chi connectivity index (χ2v) is 6.02. The van der Waals surface area contributed by atoms with Crippen molar-refractivity contribution in [1.82, 2.24) is 10.2 Å². The van der Waals surface area contributed by atoms with Crippen LogP contribution in [0.5, 0.6) is 5.75 Å². The molecule has 0 aliphatic heterocycles. The molecule has 5 nitrogen and oxygen atoms in total. The molecule has 3 rings (SSSR count). The Kier molecular flexibility index (Phi) is 5.12. The zero-order valence-corrected chi connectivity index (χ0v) is 13.4. The maximum atomic E-state index is 12.9. The number of nitrogens with one attached hydrogen (secondary N) is 1. The summed E-state index contributed by atoms with van der Waals surface area (Å²) in [7, 11) is 0. The molecule has 2 aromatic carbocycles. The summed E-state index contributed by atoms with van der Waals surface area (Å²) in [6.07, 6.45) is 0.536. The highest BCUT2D eigenvalue weighted by Crippen LogP contribution is 2.19. The van der Waals surface area contributed by atoms with Crippen molar-refractivity contribution in [2.24, 2.45) is 0 Å². The van der Waals surface area contributed by atoms with Crippen molar-refractivity contribution in [3.8, 4) is 5.75 Å². The first-order valence-corrected chi connectivity index (χ1v) is 8.05. The van der Waals surface area contributed by atoms with Gasteiger partial charge in [0, 0.05) is 6.42 Å². The van der Waals surface area contributed by atoms with Crippen LogP contribution in [-0.4, -0.2) is 22.7 Å². The zero-order chi connectivity index (χ0) is 16.8. The van der Waals surface area contributed by atoms with Crippen molar-refractivity contribution >= 4 is 22.4 Å². The normalized spacial score (nSPS) is 10.4. The van der Waals surface area contributed by atoms with Crippen LogP contribution in [0.1, 0.15) is 10.6 Å². The summed E-state index contributed by atoms with van der Waals surface area (Å²) in [6, 6.07) is 15.3. The number of ether oxygens (including phenoxy) is 1.